The molecular weight excluding hydrogens is 286 g/mol. The summed E-state index contributed by atoms with van der Waals surface area (Å²) in [6.45, 7) is 3.69. The number of carbonyl (C=O) groups excluding carboxylic acids is 1. The number of rotatable bonds is 5. The van der Waals surface area contributed by atoms with E-state index in [0.29, 0.717) is 5.69 Å². The fourth-order valence-electron chi connectivity index (χ4n) is 2.09. The second-order valence-electron chi connectivity index (χ2n) is 5.15. The van der Waals surface area contributed by atoms with Crippen LogP contribution in [0.5, 0.6) is 0 Å². The minimum Gasteiger partial charge on any atom is -0.376 e. The summed E-state index contributed by atoms with van der Waals surface area (Å²) in [5.41, 5.74) is 2.27. The molecule has 22 heavy (non-hydrogen) atoms. The van der Waals surface area contributed by atoms with E-state index in [2.05, 4.69) is 10.6 Å². The molecule has 2 N–H and O–H groups in total. The van der Waals surface area contributed by atoms with Gasteiger partial charge in [-0.05, 0) is 49.2 Å². The van der Waals surface area contributed by atoms with Gasteiger partial charge < -0.3 is 10.6 Å². The highest BCUT2D eigenvalue weighted by Gasteiger charge is 2.10. The summed E-state index contributed by atoms with van der Waals surface area (Å²) >= 11 is 0. The number of amides is 1. The second kappa shape index (κ2) is 7.02. The first kappa shape index (κ1) is 15.9. The van der Waals surface area contributed by atoms with Crippen molar-refractivity contribution >= 4 is 11.6 Å². The fourth-order valence-corrected chi connectivity index (χ4v) is 2.09. The van der Waals surface area contributed by atoms with E-state index in [-0.39, 0.29) is 30.1 Å². The van der Waals surface area contributed by atoms with Crippen LogP contribution in [0.3, 0.4) is 0 Å². The Hall–Kier alpha value is -2.43. The Labute approximate surface area is 128 Å². The summed E-state index contributed by atoms with van der Waals surface area (Å²) in [4.78, 5) is 11.9. The summed E-state index contributed by atoms with van der Waals surface area (Å²) in [5, 5.41) is 5.71. The predicted octanol–water partition coefficient (Wildman–Crippen LogP) is 3.56. The van der Waals surface area contributed by atoms with Crippen molar-refractivity contribution in [1.29, 1.82) is 0 Å². The van der Waals surface area contributed by atoms with E-state index in [1.54, 1.807) is 18.2 Å². The Bertz CT molecular complexity index is 656. The third kappa shape index (κ3) is 4.28. The fraction of sp³-hybridized carbons (Fsp3) is 0.235. The van der Waals surface area contributed by atoms with Gasteiger partial charge in [-0.2, -0.15) is 0 Å². The van der Waals surface area contributed by atoms with E-state index in [9.17, 15) is 13.6 Å². The minimum atomic E-state index is -0.354. The van der Waals surface area contributed by atoms with Gasteiger partial charge in [0.1, 0.15) is 11.6 Å². The number of halogens is 2. The molecule has 3 nitrogen and oxygen atoms in total. The number of benzene rings is 2. The Morgan fingerprint density at radius 1 is 1.09 bits per heavy atom. The maximum atomic E-state index is 13.2. The summed E-state index contributed by atoms with van der Waals surface area (Å²) in [5.74, 6) is -0.890. The molecule has 1 atom stereocenters. The first-order chi connectivity index (χ1) is 10.5. The molecule has 0 aliphatic carbocycles. The van der Waals surface area contributed by atoms with Crippen LogP contribution in [-0.2, 0) is 4.79 Å². The van der Waals surface area contributed by atoms with Gasteiger partial charge in [-0.25, -0.2) is 8.78 Å². The van der Waals surface area contributed by atoms with E-state index >= 15 is 0 Å². The summed E-state index contributed by atoms with van der Waals surface area (Å²) in [6.07, 6.45) is 0. The van der Waals surface area contributed by atoms with Crippen LogP contribution in [0.15, 0.2) is 42.5 Å². The lowest BCUT2D eigenvalue weighted by Crippen LogP contribution is -2.32. The summed E-state index contributed by atoms with van der Waals surface area (Å²) in [6, 6.07) is 10.1. The molecule has 0 unspecified atom stereocenters. The zero-order valence-corrected chi connectivity index (χ0v) is 12.5. The molecule has 0 saturated heterocycles. The second-order valence-corrected chi connectivity index (χ2v) is 5.15. The molecule has 0 bridgehead atoms. The zero-order chi connectivity index (χ0) is 16.1. The number of aryl methyl sites for hydroxylation is 1. The zero-order valence-electron chi connectivity index (χ0n) is 12.5. The summed E-state index contributed by atoms with van der Waals surface area (Å²) in [7, 11) is 0. The highest BCUT2D eigenvalue weighted by atomic mass is 19.1. The van der Waals surface area contributed by atoms with Gasteiger partial charge in [-0.1, -0.05) is 18.2 Å². The molecule has 0 radical (unpaired) electrons. The molecule has 0 spiro atoms. The molecule has 0 aliphatic rings. The maximum Gasteiger partial charge on any atom is 0.239 e. The molecule has 0 heterocycles. The van der Waals surface area contributed by atoms with Crippen molar-refractivity contribution in [2.24, 2.45) is 0 Å². The van der Waals surface area contributed by atoms with Gasteiger partial charge in [0.25, 0.3) is 0 Å². The lowest BCUT2D eigenvalue weighted by atomic mass is 10.1. The van der Waals surface area contributed by atoms with Gasteiger partial charge in [-0.3, -0.25) is 4.79 Å². The van der Waals surface area contributed by atoms with Crippen LogP contribution in [0.25, 0.3) is 0 Å². The van der Waals surface area contributed by atoms with Crippen LogP contribution in [-0.4, -0.2) is 12.5 Å². The monoisotopic (exact) mass is 304 g/mol. The minimum absolute atomic E-state index is 0.0375. The molecule has 5 heteroatoms. The van der Waals surface area contributed by atoms with E-state index in [1.807, 2.05) is 13.8 Å². The average molecular weight is 304 g/mol. The van der Waals surface area contributed by atoms with Gasteiger partial charge >= 0.3 is 0 Å². The number of carbonyl (C=O) groups is 1. The molecule has 116 valence electrons. The van der Waals surface area contributed by atoms with Crippen LogP contribution >= 0.6 is 0 Å². The van der Waals surface area contributed by atoms with Gasteiger partial charge in [0.2, 0.25) is 5.91 Å². The van der Waals surface area contributed by atoms with E-state index in [0.717, 1.165) is 11.1 Å². The Kier molecular flexibility index (Phi) is 5.09. The quantitative estimate of drug-likeness (QED) is 0.887. The molecule has 2 aromatic rings. The molecule has 0 fully saturated rings. The number of nitrogens with one attached hydrogen (secondary N) is 2. The predicted molar refractivity (Wildman–Crippen MR) is 82.6 cm³/mol. The smallest absolute Gasteiger partial charge is 0.239 e. The first-order valence-electron chi connectivity index (χ1n) is 7.00. The number of hydrogen-bond donors (Lipinski definition) is 2. The Morgan fingerprint density at radius 3 is 2.41 bits per heavy atom. The Balaban J connectivity index is 1.90. The molecular formula is C17H18F2N2O. The molecule has 0 aromatic heterocycles. The molecule has 2 rings (SSSR count). The van der Waals surface area contributed by atoms with Crippen molar-refractivity contribution in [3.8, 4) is 0 Å². The van der Waals surface area contributed by atoms with Crippen LogP contribution in [0.2, 0.25) is 0 Å². The molecule has 2 aromatic carbocycles. The van der Waals surface area contributed by atoms with Crippen molar-refractivity contribution in [2.45, 2.75) is 19.9 Å². The van der Waals surface area contributed by atoms with Crippen LogP contribution < -0.4 is 10.6 Å². The van der Waals surface area contributed by atoms with Gasteiger partial charge in [0, 0.05) is 5.69 Å². The molecule has 1 amide bonds. The van der Waals surface area contributed by atoms with Crippen molar-refractivity contribution in [3.05, 3.63) is 65.2 Å². The first-order valence-corrected chi connectivity index (χ1v) is 7.00. The van der Waals surface area contributed by atoms with E-state index in [4.69, 9.17) is 0 Å². The van der Waals surface area contributed by atoms with Crippen LogP contribution in [0.4, 0.5) is 14.5 Å². The number of hydrogen-bond acceptors (Lipinski definition) is 2. The maximum absolute atomic E-state index is 13.2. The largest absolute Gasteiger partial charge is 0.376 e. The average Bonchev–Trinajstić information content (AvgIpc) is 2.49. The van der Waals surface area contributed by atoms with Crippen LogP contribution in [0.1, 0.15) is 24.1 Å². The van der Waals surface area contributed by atoms with Crippen molar-refractivity contribution in [1.82, 2.24) is 5.32 Å². The van der Waals surface area contributed by atoms with Gasteiger partial charge in [0.15, 0.2) is 0 Å². The van der Waals surface area contributed by atoms with Gasteiger partial charge in [0.05, 0.1) is 12.6 Å². The van der Waals surface area contributed by atoms with E-state index in [1.165, 1.54) is 24.3 Å². The standard InChI is InChI=1S/C17H18F2N2O/c1-11-3-6-15(19)9-16(11)20-10-17(22)21-12(2)13-4-7-14(18)8-5-13/h3-9,12,20H,10H2,1-2H3,(H,21,22)/t12-/m1/s1. The normalized spacial score (nSPS) is 11.8. The summed E-state index contributed by atoms with van der Waals surface area (Å²) < 4.78 is 26.0. The van der Waals surface area contributed by atoms with Crippen molar-refractivity contribution in [3.63, 3.8) is 0 Å². The SMILES string of the molecule is Cc1ccc(F)cc1NCC(=O)N[C@H](C)c1ccc(F)cc1. The highest BCUT2D eigenvalue weighted by molar-refractivity contribution is 5.81. The lowest BCUT2D eigenvalue weighted by molar-refractivity contribution is -0.120. The third-order valence-corrected chi connectivity index (χ3v) is 3.39. The van der Waals surface area contributed by atoms with Crippen LogP contribution in [0, 0.1) is 18.6 Å². The molecule has 0 aliphatic heterocycles. The third-order valence-electron chi connectivity index (χ3n) is 3.39. The Morgan fingerprint density at radius 2 is 1.73 bits per heavy atom. The number of anilines is 1. The topological polar surface area (TPSA) is 41.1 Å². The highest BCUT2D eigenvalue weighted by Crippen LogP contribution is 2.16. The molecule has 0 saturated carbocycles. The lowest BCUT2D eigenvalue weighted by Gasteiger charge is -2.15. The van der Waals surface area contributed by atoms with Gasteiger partial charge in [-0.15, -0.1) is 0 Å². The van der Waals surface area contributed by atoms with Crippen molar-refractivity contribution in [2.75, 3.05) is 11.9 Å². The van der Waals surface area contributed by atoms with Crippen molar-refractivity contribution < 1.29 is 13.6 Å². The van der Waals surface area contributed by atoms with E-state index < -0.39 is 0 Å².